The molecule has 0 fully saturated rings. The summed E-state index contributed by atoms with van der Waals surface area (Å²) in [6.07, 6.45) is 10.7. The minimum atomic E-state index is -0.220. The van der Waals surface area contributed by atoms with Gasteiger partial charge < -0.3 is 43.4 Å². The van der Waals surface area contributed by atoms with Crippen molar-refractivity contribution in [2.24, 2.45) is 0 Å². The first-order valence-corrected chi connectivity index (χ1v) is 14.2. The number of rotatable bonds is 15. The van der Waals surface area contributed by atoms with Crippen molar-refractivity contribution < 1.29 is 29.6 Å². The van der Waals surface area contributed by atoms with E-state index >= 15 is 0 Å². The number of aromatic nitrogens is 4. The van der Waals surface area contributed by atoms with Crippen LogP contribution in [0.5, 0.6) is 11.5 Å². The van der Waals surface area contributed by atoms with Gasteiger partial charge in [0.05, 0.1) is 37.7 Å². The van der Waals surface area contributed by atoms with Crippen LogP contribution >= 0.6 is 23.2 Å². The van der Waals surface area contributed by atoms with Crippen LogP contribution in [-0.4, -0.2) is 34.1 Å². The zero-order valence-corrected chi connectivity index (χ0v) is 24.9. The van der Waals surface area contributed by atoms with Crippen molar-refractivity contribution in [2.75, 3.05) is 36.1 Å². The van der Waals surface area contributed by atoms with E-state index in [0.717, 1.165) is 37.6 Å². The molecule has 14 heteroatoms. The highest BCUT2D eigenvalue weighted by Crippen LogP contribution is 2.30. The average Bonchev–Trinajstić information content (AvgIpc) is 3.61. The molecular formula is C28H42Cl2N8O4+2. The molecule has 2 unspecified atom stereocenters. The first-order valence-electron chi connectivity index (χ1n) is 13.3. The van der Waals surface area contributed by atoms with Crippen LogP contribution in [0.4, 0.5) is 22.7 Å². The van der Waals surface area contributed by atoms with Crippen molar-refractivity contribution in [3.8, 4) is 11.5 Å². The molecule has 42 heavy (non-hydrogen) atoms. The van der Waals surface area contributed by atoms with Gasteiger partial charge in [0.25, 0.3) is 11.6 Å². The molecule has 0 bridgehead atoms. The number of benzene rings is 2. The lowest BCUT2D eigenvalue weighted by Gasteiger charge is -2.11. The summed E-state index contributed by atoms with van der Waals surface area (Å²) in [7, 11) is 0. The van der Waals surface area contributed by atoms with Gasteiger partial charge in [-0.3, -0.25) is 0 Å². The van der Waals surface area contributed by atoms with Crippen LogP contribution in [0.15, 0.2) is 61.2 Å². The third kappa shape index (κ3) is 9.35. The minimum Gasteiger partial charge on any atom is -0.491 e. The molecule has 14 N–H and O–H groups in total. The number of nitrogens with two attached hydrogens (primary N) is 4. The van der Waals surface area contributed by atoms with Gasteiger partial charge in [-0.1, -0.05) is 0 Å². The van der Waals surface area contributed by atoms with Crippen LogP contribution in [0.3, 0.4) is 0 Å². The fraction of sp³-hybridized carbons (Fsp3) is 0.357. The van der Waals surface area contributed by atoms with Gasteiger partial charge in [0, 0.05) is 36.3 Å². The number of H-pyrrole nitrogens is 2. The molecule has 0 aliphatic heterocycles. The molecule has 0 aliphatic rings. The summed E-state index contributed by atoms with van der Waals surface area (Å²) in [5.41, 5.74) is 25.9. The topological polar surface area (TPSA) is 225 Å². The maximum absolute atomic E-state index is 6.80. The van der Waals surface area contributed by atoms with E-state index in [1.165, 1.54) is 0 Å². The van der Waals surface area contributed by atoms with Crippen LogP contribution in [0.2, 0.25) is 0 Å². The number of halogens is 2. The Balaban J connectivity index is 0.00000308. The molecule has 2 atom stereocenters. The lowest BCUT2D eigenvalue weighted by Crippen LogP contribution is -2.38. The quantitative estimate of drug-likeness (QED) is 0.0503. The molecular weight excluding hydrogens is 583 g/mol. The molecule has 2 aromatic heterocycles. The summed E-state index contributed by atoms with van der Waals surface area (Å²) in [5, 5.41) is -0.440. The largest absolute Gasteiger partial charge is 0.491 e. The molecule has 0 saturated heterocycles. The number of imidazole rings is 2. The average molecular weight is 626 g/mol. The van der Waals surface area contributed by atoms with Crippen LogP contribution in [0.25, 0.3) is 0 Å². The van der Waals surface area contributed by atoms with Crippen molar-refractivity contribution >= 4 is 46.0 Å². The number of aromatic amines is 2. The number of anilines is 4. The van der Waals surface area contributed by atoms with E-state index in [4.69, 9.17) is 55.6 Å². The first kappa shape index (κ1) is 34.4. The summed E-state index contributed by atoms with van der Waals surface area (Å²) in [6, 6.07) is 10.5. The molecule has 0 spiro atoms. The molecule has 0 amide bonds. The Morgan fingerprint density at radius 3 is 1.48 bits per heavy atom. The van der Waals surface area contributed by atoms with Crippen LogP contribution in [0, 0.1) is 0 Å². The maximum atomic E-state index is 6.80. The second kappa shape index (κ2) is 16.6. The summed E-state index contributed by atoms with van der Waals surface area (Å²) in [6.45, 7) is 2.50. The van der Waals surface area contributed by atoms with Gasteiger partial charge in [-0.2, -0.15) is 0 Å². The molecule has 230 valence electrons. The second-order valence-corrected chi connectivity index (χ2v) is 10.6. The number of hydrogen-bond acceptors (Lipinski definition) is 6. The highest BCUT2D eigenvalue weighted by atomic mass is 35.5. The number of hydrogen-bond donors (Lipinski definition) is 6. The Kier molecular flexibility index (Phi) is 13.6. The normalized spacial score (nSPS) is 12.1. The molecule has 12 nitrogen and oxygen atoms in total. The predicted molar refractivity (Wildman–Crippen MR) is 166 cm³/mol. The van der Waals surface area contributed by atoms with Crippen molar-refractivity contribution in [2.45, 2.75) is 49.5 Å². The van der Waals surface area contributed by atoms with Gasteiger partial charge in [0.1, 0.15) is 47.0 Å². The number of nitrogens with zero attached hydrogens (tertiary/aromatic N) is 2. The Morgan fingerprint density at radius 2 is 1.07 bits per heavy atom. The summed E-state index contributed by atoms with van der Waals surface area (Å²) in [4.78, 5) is 6.55. The monoisotopic (exact) mass is 624 g/mol. The van der Waals surface area contributed by atoms with Gasteiger partial charge in [0.15, 0.2) is 0 Å². The molecule has 2 heterocycles. The lowest BCUT2D eigenvalue weighted by atomic mass is 10.1. The number of ether oxygens (including phenoxy) is 2. The fourth-order valence-electron chi connectivity index (χ4n) is 4.43. The number of nitrogens with one attached hydrogen (secondary N) is 2. The number of nitrogen functional groups attached to an aromatic ring is 4. The SMILES string of the molecule is Nc1ccc(N)c(OCCC[n+]2cc[nH]c2C(Cl)CCC(Cl)c2[nH]cc[n+]2CCCOc2cc(N)ccc2N)c1.O.O. The second-order valence-electron chi connectivity index (χ2n) is 9.59. The fourth-order valence-corrected chi connectivity index (χ4v) is 5.06. The third-order valence-corrected chi connectivity index (χ3v) is 7.38. The van der Waals surface area contributed by atoms with Gasteiger partial charge in [-0.05, 0) is 37.1 Å². The van der Waals surface area contributed by atoms with Gasteiger partial charge >= 0.3 is 0 Å². The molecule has 0 radical (unpaired) electrons. The Bertz CT molecular complexity index is 1280. The summed E-state index contributed by atoms with van der Waals surface area (Å²) >= 11 is 13.6. The van der Waals surface area contributed by atoms with Gasteiger partial charge in [-0.25, -0.2) is 19.1 Å². The summed E-state index contributed by atoms with van der Waals surface area (Å²) < 4.78 is 15.8. The number of alkyl halides is 2. The van der Waals surface area contributed by atoms with Gasteiger partial charge in [-0.15, -0.1) is 23.2 Å². The zero-order valence-electron chi connectivity index (χ0n) is 23.4. The maximum Gasteiger partial charge on any atom is 0.272 e. The van der Waals surface area contributed by atoms with E-state index in [9.17, 15) is 0 Å². The Labute approximate surface area is 255 Å². The van der Waals surface area contributed by atoms with Crippen molar-refractivity contribution in [1.29, 1.82) is 0 Å². The van der Waals surface area contributed by atoms with Crippen LogP contribution in [-0.2, 0) is 13.1 Å². The summed E-state index contributed by atoms with van der Waals surface area (Å²) in [5.74, 6) is 3.07. The van der Waals surface area contributed by atoms with E-state index in [2.05, 4.69) is 19.1 Å². The first-order chi connectivity index (χ1) is 19.3. The van der Waals surface area contributed by atoms with Crippen LogP contribution in [0.1, 0.15) is 48.1 Å². The molecule has 2 aromatic carbocycles. The number of aryl methyl sites for hydroxylation is 2. The zero-order chi connectivity index (χ0) is 28.5. The van der Waals surface area contributed by atoms with Crippen molar-refractivity contribution in [3.63, 3.8) is 0 Å². The molecule has 4 aromatic rings. The van der Waals surface area contributed by atoms with E-state index in [1.54, 1.807) is 36.4 Å². The standard InChI is InChI=1S/C28H36Cl2N8O2.2H2O/c29-21(27-35-9-13-37(27)11-1-15-39-25-17-19(31)3-7-23(25)33)5-6-22(30)28-36-10-14-38(28)12-2-16-40-26-18-20(32)4-8-24(26)34;;/h3-4,7-10,13-14,17-18,21-22H,1-2,5-6,11-12,15-16,31-34H2;2*1H2/p+2. The van der Waals surface area contributed by atoms with Gasteiger partial charge in [0.2, 0.25) is 0 Å². The molecule has 0 aliphatic carbocycles. The molecule has 0 saturated carbocycles. The highest BCUT2D eigenvalue weighted by molar-refractivity contribution is 6.21. The highest BCUT2D eigenvalue weighted by Gasteiger charge is 2.26. The Morgan fingerprint density at radius 1 is 0.667 bits per heavy atom. The van der Waals surface area contributed by atoms with E-state index < -0.39 is 0 Å². The smallest absolute Gasteiger partial charge is 0.272 e. The Hall–Kier alpha value is -3.84. The van der Waals surface area contributed by atoms with Crippen LogP contribution < -0.4 is 41.5 Å². The minimum absolute atomic E-state index is 0. The van der Waals surface area contributed by atoms with E-state index in [-0.39, 0.29) is 21.7 Å². The van der Waals surface area contributed by atoms with Crippen molar-refractivity contribution in [1.82, 2.24) is 9.97 Å². The van der Waals surface area contributed by atoms with Crippen molar-refractivity contribution in [3.05, 3.63) is 72.8 Å². The lowest BCUT2D eigenvalue weighted by molar-refractivity contribution is -0.704. The van der Waals surface area contributed by atoms with E-state index in [0.29, 0.717) is 60.3 Å². The third-order valence-electron chi connectivity index (χ3n) is 6.53. The van der Waals surface area contributed by atoms with E-state index in [1.807, 2.05) is 24.8 Å². The predicted octanol–water partition coefficient (Wildman–Crippen LogP) is 2.58. The molecule has 4 rings (SSSR count).